The van der Waals surface area contributed by atoms with Gasteiger partial charge in [-0.15, -0.1) is 0 Å². The van der Waals surface area contributed by atoms with Crippen LogP contribution < -0.4 is 0 Å². The van der Waals surface area contributed by atoms with E-state index in [1.165, 1.54) is 116 Å². The Kier molecular flexibility index (Phi) is 36.0. The summed E-state index contributed by atoms with van der Waals surface area (Å²) in [7, 11) is 0. The van der Waals surface area contributed by atoms with E-state index in [1.54, 1.807) is 0 Å². The van der Waals surface area contributed by atoms with Crippen molar-refractivity contribution < 1.29 is 33.3 Å². The van der Waals surface area contributed by atoms with E-state index in [0.29, 0.717) is 52.5 Å². The number of carbonyl (C=O) groups excluding carboxylic acids is 2. The molecule has 0 aliphatic heterocycles. The van der Waals surface area contributed by atoms with Crippen LogP contribution in [0.1, 0.15) is 168 Å². The van der Waals surface area contributed by atoms with E-state index in [1.807, 2.05) is 0 Å². The lowest BCUT2D eigenvalue weighted by Crippen LogP contribution is -2.15. The molecule has 7 heteroatoms. The average Bonchev–Trinajstić information content (AvgIpc) is 3.01. The van der Waals surface area contributed by atoms with Crippen LogP contribution in [0.5, 0.6) is 0 Å². The molecule has 0 fully saturated rings. The van der Waals surface area contributed by atoms with Gasteiger partial charge in [0.05, 0.1) is 39.6 Å². The van der Waals surface area contributed by atoms with Crippen LogP contribution in [0.4, 0.5) is 0 Å². The minimum atomic E-state index is -0.134. The molecule has 0 aromatic carbocycles. The van der Waals surface area contributed by atoms with Gasteiger partial charge < -0.3 is 23.7 Å². The van der Waals surface area contributed by atoms with Crippen molar-refractivity contribution in [1.29, 1.82) is 0 Å². The highest BCUT2D eigenvalue weighted by molar-refractivity contribution is 5.69. The Morgan fingerprint density at radius 2 is 0.558 bits per heavy atom. The fraction of sp³-hybridized carbons (Fsp3) is 0.944. The predicted octanol–water partition coefficient (Wildman–Crippen LogP) is 9.52. The summed E-state index contributed by atoms with van der Waals surface area (Å²) in [6.45, 7) is 7.68. The van der Waals surface area contributed by atoms with Crippen LogP contribution in [-0.2, 0) is 33.3 Å². The molecule has 0 saturated carbocycles. The third kappa shape index (κ3) is 36.9. The zero-order valence-corrected chi connectivity index (χ0v) is 28.5. The topological polar surface area (TPSA) is 80.3 Å². The molecule has 0 radical (unpaired) electrons. The number of hydrogen-bond donors (Lipinski definition) is 0. The second-order valence-electron chi connectivity index (χ2n) is 11.8. The molecular weight excluding hydrogens is 544 g/mol. The first-order chi connectivity index (χ1) is 21.2. The van der Waals surface area contributed by atoms with Gasteiger partial charge >= 0.3 is 11.9 Å². The monoisotopic (exact) mass is 615 g/mol. The van der Waals surface area contributed by atoms with Gasteiger partial charge in [0.1, 0.15) is 13.2 Å². The lowest BCUT2D eigenvalue weighted by molar-refractivity contribution is -0.146. The van der Waals surface area contributed by atoms with Gasteiger partial charge in [0, 0.05) is 12.8 Å². The molecule has 0 aromatic rings. The van der Waals surface area contributed by atoms with Gasteiger partial charge in [0.15, 0.2) is 0 Å². The van der Waals surface area contributed by atoms with E-state index in [0.717, 1.165) is 25.7 Å². The molecule has 0 N–H and O–H groups in total. The van der Waals surface area contributed by atoms with Crippen molar-refractivity contribution in [3.8, 4) is 0 Å². The third-order valence-corrected chi connectivity index (χ3v) is 7.69. The normalized spacial score (nSPS) is 11.2. The highest BCUT2D eigenvalue weighted by atomic mass is 16.6. The van der Waals surface area contributed by atoms with Crippen molar-refractivity contribution in [2.75, 3.05) is 52.9 Å². The Bertz CT molecular complexity index is 570. The molecule has 0 rings (SSSR count). The average molecular weight is 615 g/mol. The van der Waals surface area contributed by atoms with Crippen molar-refractivity contribution in [2.24, 2.45) is 0 Å². The van der Waals surface area contributed by atoms with E-state index >= 15 is 0 Å². The summed E-state index contributed by atoms with van der Waals surface area (Å²) in [6.07, 6.45) is 29.0. The number of carbonyl (C=O) groups is 2. The number of rotatable bonds is 36. The molecule has 0 aliphatic carbocycles. The summed E-state index contributed by atoms with van der Waals surface area (Å²) in [5.41, 5.74) is 0. The van der Waals surface area contributed by atoms with Gasteiger partial charge in [0.25, 0.3) is 0 Å². The first-order valence-electron chi connectivity index (χ1n) is 18.2. The Morgan fingerprint density at radius 3 is 0.837 bits per heavy atom. The summed E-state index contributed by atoms with van der Waals surface area (Å²) >= 11 is 0. The van der Waals surface area contributed by atoms with Crippen molar-refractivity contribution in [3.05, 3.63) is 0 Å². The standard InChI is InChI=1S/C36H70O7/c1-3-5-7-9-11-13-14-15-16-18-20-22-24-26-36(38)43-34-32-41-30-28-39-27-29-40-31-33-42-35(37)25-23-21-19-17-12-10-8-6-4-2/h3-34H2,1-2H3. The first-order valence-corrected chi connectivity index (χ1v) is 18.2. The third-order valence-electron chi connectivity index (χ3n) is 7.69. The lowest BCUT2D eigenvalue weighted by Gasteiger charge is -2.08. The number of ether oxygens (including phenoxy) is 5. The molecule has 0 unspecified atom stereocenters. The van der Waals surface area contributed by atoms with Crippen molar-refractivity contribution >= 4 is 11.9 Å². The first kappa shape index (κ1) is 41.8. The van der Waals surface area contributed by atoms with E-state index in [4.69, 9.17) is 23.7 Å². The fourth-order valence-electron chi connectivity index (χ4n) is 4.98. The maximum absolute atomic E-state index is 11.8. The summed E-state index contributed by atoms with van der Waals surface area (Å²) in [4.78, 5) is 23.6. The molecule has 0 bridgehead atoms. The van der Waals surface area contributed by atoms with Gasteiger partial charge in [-0.05, 0) is 12.8 Å². The van der Waals surface area contributed by atoms with Crippen molar-refractivity contribution in [2.45, 2.75) is 168 Å². The smallest absolute Gasteiger partial charge is 0.305 e. The van der Waals surface area contributed by atoms with Crippen molar-refractivity contribution in [3.63, 3.8) is 0 Å². The van der Waals surface area contributed by atoms with E-state index in [-0.39, 0.29) is 25.2 Å². The molecule has 0 heterocycles. The van der Waals surface area contributed by atoms with Gasteiger partial charge in [-0.2, -0.15) is 0 Å². The van der Waals surface area contributed by atoms with Crippen LogP contribution in [0.2, 0.25) is 0 Å². The number of esters is 2. The van der Waals surface area contributed by atoms with Crippen LogP contribution in [0.25, 0.3) is 0 Å². The molecule has 0 atom stereocenters. The zero-order valence-electron chi connectivity index (χ0n) is 28.5. The Labute approximate surface area is 265 Å². The molecule has 0 spiro atoms. The summed E-state index contributed by atoms with van der Waals surface area (Å²) < 4.78 is 26.8. The van der Waals surface area contributed by atoms with Crippen molar-refractivity contribution in [1.82, 2.24) is 0 Å². The maximum Gasteiger partial charge on any atom is 0.305 e. The second kappa shape index (κ2) is 37.0. The fourth-order valence-corrected chi connectivity index (χ4v) is 4.98. The Balaban J connectivity index is 3.21. The number of hydrogen-bond acceptors (Lipinski definition) is 7. The van der Waals surface area contributed by atoms with Crippen LogP contribution in [0.3, 0.4) is 0 Å². The molecule has 0 aromatic heterocycles. The zero-order chi connectivity index (χ0) is 31.3. The molecule has 0 aliphatic rings. The van der Waals surface area contributed by atoms with Gasteiger partial charge in [0.2, 0.25) is 0 Å². The van der Waals surface area contributed by atoms with Gasteiger partial charge in [-0.25, -0.2) is 0 Å². The number of unbranched alkanes of at least 4 members (excludes halogenated alkanes) is 20. The minimum Gasteiger partial charge on any atom is -0.463 e. The SMILES string of the molecule is CCCCCCCCCCCCCCCC(=O)OCCOCCOCCOCCOC(=O)CCCCCCCCCCC. The van der Waals surface area contributed by atoms with E-state index in [2.05, 4.69) is 13.8 Å². The summed E-state index contributed by atoms with van der Waals surface area (Å²) in [6, 6.07) is 0. The highest BCUT2D eigenvalue weighted by Gasteiger charge is 2.04. The van der Waals surface area contributed by atoms with Crippen LogP contribution in [0, 0.1) is 0 Å². The molecular formula is C36H70O7. The molecule has 43 heavy (non-hydrogen) atoms. The van der Waals surface area contributed by atoms with Crippen LogP contribution in [0.15, 0.2) is 0 Å². The van der Waals surface area contributed by atoms with Gasteiger partial charge in [-0.1, -0.05) is 142 Å². The van der Waals surface area contributed by atoms with Gasteiger partial charge in [-0.3, -0.25) is 9.59 Å². The molecule has 256 valence electrons. The van der Waals surface area contributed by atoms with Crippen LogP contribution >= 0.6 is 0 Å². The van der Waals surface area contributed by atoms with E-state index in [9.17, 15) is 9.59 Å². The summed E-state index contributed by atoms with van der Waals surface area (Å²) in [5, 5.41) is 0. The predicted molar refractivity (Wildman–Crippen MR) is 177 cm³/mol. The molecule has 0 saturated heterocycles. The maximum atomic E-state index is 11.8. The highest BCUT2D eigenvalue weighted by Crippen LogP contribution is 2.13. The lowest BCUT2D eigenvalue weighted by atomic mass is 10.0. The summed E-state index contributed by atoms with van der Waals surface area (Å²) in [5.74, 6) is -0.264. The molecule has 7 nitrogen and oxygen atoms in total. The largest absolute Gasteiger partial charge is 0.463 e. The van der Waals surface area contributed by atoms with Crippen LogP contribution in [-0.4, -0.2) is 64.8 Å². The second-order valence-corrected chi connectivity index (χ2v) is 11.8. The molecule has 0 amide bonds. The quantitative estimate of drug-likeness (QED) is 0.0513. The Hall–Kier alpha value is -1.18. The Morgan fingerprint density at radius 1 is 0.326 bits per heavy atom. The van der Waals surface area contributed by atoms with E-state index < -0.39 is 0 Å². The minimum absolute atomic E-state index is 0.130.